The monoisotopic (exact) mass is 266 g/mol. The summed E-state index contributed by atoms with van der Waals surface area (Å²) in [5, 5.41) is 10.7. The number of aromatic nitrogens is 4. The number of carbonyl (C=O) groups is 1. The summed E-state index contributed by atoms with van der Waals surface area (Å²) in [6.07, 6.45) is 2.52. The van der Waals surface area contributed by atoms with Crippen LogP contribution >= 0.6 is 11.3 Å². The lowest BCUT2D eigenvalue weighted by atomic mass is 10.4. The SMILES string of the molecule is CCOC(=O)c1nnc(C)n1CCc1nccs1. The third-order valence-corrected chi connectivity index (χ3v) is 3.27. The summed E-state index contributed by atoms with van der Waals surface area (Å²) >= 11 is 1.59. The fourth-order valence-corrected chi connectivity index (χ4v) is 2.19. The zero-order chi connectivity index (χ0) is 13.0. The Labute approximate surface area is 109 Å². The lowest BCUT2D eigenvalue weighted by molar-refractivity contribution is 0.0505. The van der Waals surface area contributed by atoms with Gasteiger partial charge >= 0.3 is 5.97 Å². The molecule has 2 heterocycles. The molecule has 0 atom stereocenters. The summed E-state index contributed by atoms with van der Waals surface area (Å²) in [6, 6.07) is 0. The molecule has 2 rings (SSSR count). The molecule has 0 spiro atoms. The predicted molar refractivity (Wildman–Crippen MR) is 66.5 cm³/mol. The van der Waals surface area contributed by atoms with Crippen molar-refractivity contribution >= 4 is 17.3 Å². The second kappa shape index (κ2) is 5.72. The van der Waals surface area contributed by atoms with Gasteiger partial charge < -0.3 is 9.30 Å². The van der Waals surface area contributed by atoms with Crippen LogP contribution in [-0.2, 0) is 17.7 Å². The number of carbonyl (C=O) groups excluding carboxylic acids is 1. The average molecular weight is 266 g/mol. The van der Waals surface area contributed by atoms with E-state index in [0.29, 0.717) is 19.0 Å². The first-order valence-electron chi connectivity index (χ1n) is 5.67. The lowest BCUT2D eigenvalue weighted by Crippen LogP contribution is -2.15. The van der Waals surface area contributed by atoms with Crippen molar-refractivity contribution < 1.29 is 9.53 Å². The molecule has 18 heavy (non-hydrogen) atoms. The first kappa shape index (κ1) is 12.7. The molecule has 0 aliphatic rings. The van der Waals surface area contributed by atoms with E-state index in [1.165, 1.54) is 0 Å². The fraction of sp³-hybridized carbons (Fsp3) is 0.455. The van der Waals surface area contributed by atoms with Crippen LogP contribution in [0.3, 0.4) is 0 Å². The minimum absolute atomic E-state index is 0.255. The fourth-order valence-electron chi connectivity index (χ4n) is 1.58. The standard InChI is InChI=1S/C11H14N4O2S/c1-3-17-11(16)10-14-13-8(2)15(10)6-4-9-12-5-7-18-9/h5,7H,3-4,6H2,1-2H3. The number of ether oxygens (including phenoxy) is 1. The molecule has 0 saturated heterocycles. The number of hydrogen-bond acceptors (Lipinski definition) is 6. The van der Waals surface area contributed by atoms with Gasteiger partial charge in [-0.15, -0.1) is 21.5 Å². The van der Waals surface area contributed by atoms with E-state index in [1.807, 2.05) is 12.3 Å². The molecule has 0 aromatic carbocycles. The third kappa shape index (κ3) is 2.73. The van der Waals surface area contributed by atoms with Crippen molar-refractivity contribution in [3.8, 4) is 0 Å². The van der Waals surface area contributed by atoms with E-state index in [1.54, 1.807) is 29.0 Å². The normalized spacial score (nSPS) is 10.6. The van der Waals surface area contributed by atoms with E-state index in [9.17, 15) is 4.79 Å². The highest BCUT2D eigenvalue weighted by Crippen LogP contribution is 2.09. The highest BCUT2D eigenvalue weighted by Gasteiger charge is 2.17. The van der Waals surface area contributed by atoms with E-state index >= 15 is 0 Å². The number of rotatable bonds is 5. The van der Waals surface area contributed by atoms with Crippen molar-refractivity contribution in [1.29, 1.82) is 0 Å². The Bertz CT molecular complexity index is 521. The van der Waals surface area contributed by atoms with Crippen LogP contribution < -0.4 is 0 Å². The molecule has 2 aromatic rings. The molecule has 0 aliphatic heterocycles. The summed E-state index contributed by atoms with van der Waals surface area (Å²) in [4.78, 5) is 15.9. The van der Waals surface area contributed by atoms with Crippen LogP contribution in [-0.4, -0.2) is 32.3 Å². The van der Waals surface area contributed by atoms with E-state index < -0.39 is 5.97 Å². The van der Waals surface area contributed by atoms with Gasteiger partial charge in [0.1, 0.15) is 5.82 Å². The molecule has 0 amide bonds. The lowest BCUT2D eigenvalue weighted by Gasteiger charge is -2.06. The Kier molecular flexibility index (Phi) is 4.03. The van der Waals surface area contributed by atoms with Gasteiger partial charge in [-0.25, -0.2) is 9.78 Å². The summed E-state index contributed by atoms with van der Waals surface area (Å²) in [5.74, 6) is 0.526. The van der Waals surface area contributed by atoms with Gasteiger partial charge in [-0.05, 0) is 13.8 Å². The topological polar surface area (TPSA) is 69.9 Å². The number of aryl methyl sites for hydroxylation is 2. The Hall–Kier alpha value is -1.76. The molecule has 0 radical (unpaired) electrons. The van der Waals surface area contributed by atoms with Crippen molar-refractivity contribution in [1.82, 2.24) is 19.7 Å². The van der Waals surface area contributed by atoms with Crippen LogP contribution in [0.15, 0.2) is 11.6 Å². The Morgan fingerprint density at radius 3 is 3.00 bits per heavy atom. The van der Waals surface area contributed by atoms with Crippen molar-refractivity contribution in [2.24, 2.45) is 0 Å². The first-order chi connectivity index (χ1) is 8.72. The van der Waals surface area contributed by atoms with E-state index in [4.69, 9.17) is 4.74 Å². The van der Waals surface area contributed by atoms with Gasteiger partial charge in [0, 0.05) is 24.5 Å². The molecule has 0 unspecified atom stereocenters. The van der Waals surface area contributed by atoms with Gasteiger partial charge in [-0.2, -0.15) is 0 Å². The second-order valence-corrected chi connectivity index (χ2v) is 4.60. The summed E-state index contributed by atoms with van der Waals surface area (Å²) in [5.41, 5.74) is 0. The largest absolute Gasteiger partial charge is 0.460 e. The molecular formula is C11H14N4O2S. The maximum atomic E-state index is 11.7. The van der Waals surface area contributed by atoms with E-state index in [2.05, 4.69) is 15.2 Å². The predicted octanol–water partition coefficient (Wildman–Crippen LogP) is 1.46. The van der Waals surface area contributed by atoms with E-state index in [-0.39, 0.29) is 5.82 Å². The van der Waals surface area contributed by atoms with Gasteiger partial charge in [0.05, 0.1) is 11.6 Å². The summed E-state index contributed by atoms with van der Waals surface area (Å²) < 4.78 is 6.71. The minimum Gasteiger partial charge on any atom is -0.460 e. The van der Waals surface area contributed by atoms with E-state index in [0.717, 1.165) is 11.4 Å². The van der Waals surface area contributed by atoms with Crippen LogP contribution in [0.2, 0.25) is 0 Å². The first-order valence-corrected chi connectivity index (χ1v) is 6.55. The van der Waals surface area contributed by atoms with Gasteiger partial charge in [-0.3, -0.25) is 0 Å². The molecule has 0 bridgehead atoms. The van der Waals surface area contributed by atoms with Crippen molar-refractivity contribution in [2.75, 3.05) is 6.61 Å². The van der Waals surface area contributed by atoms with Crippen LogP contribution in [0.25, 0.3) is 0 Å². The second-order valence-electron chi connectivity index (χ2n) is 3.62. The number of hydrogen-bond donors (Lipinski definition) is 0. The minimum atomic E-state index is -0.433. The van der Waals surface area contributed by atoms with Crippen molar-refractivity contribution in [3.05, 3.63) is 28.2 Å². The van der Waals surface area contributed by atoms with Gasteiger partial charge in [0.15, 0.2) is 0 Å². The molecule has 0 N–H and O–H groups in total. The van der Waals surface area contributed by atoms with Gasteiger partial charge in [-0.1, -0.05) is 0 Å². The molecule has 6 nitrogen and oxygen atoms in total. The third-order valence-electron chi connectivity index (χ3n) is 2.43. The average Bonchev–Trinajstić information content (AvgIpc) is 2.96. The van der Waals surface area contributed by atoms with Crippen LogP contribution in [0.5, 0.6) is 0 Å². The molecule has 7 heteroatoms. The maximum Gasteiger partial charge on any atom is 0.376 e. The zero-order valence-electron chi connectivity index (χ0n) is 10.3. The van der Waals surface area contributed by atoms with Crippen LogP contribution in [0.1, 0.15) is 28.4 Å². The molecule has 0 fully saturated rings. The molecule has 2 aromatic heterocycles. The molecule has 0 saturated carbocycles. The molecule has 0 aliphatic carbocycles. The Morgan fingerprint density at radius 2 is 2.33 bits per heavy atom. The smallest absolute Gasteiger partial charge is 0.376 e. The highest BCUT2D eigenvalue weighted by atomic mass is 32.1. The zero-order valence-corrected chi connectivity index (χ0v) is 11.1. The molecular weight excluding hydrogens is 252 g/mol. The van der Waals surface area contributed by atoms with Gasteiger partial charge in [0.2, 0.25) is 5.82 Å². The number of thiazole rings is 1. The number of esters is 1. The number of nitrogens with zero attached hydrogens (tertiary/aromatic N) is 4. The van der Waals surface area contributed by atoms with Gasteiger partial charge in [0.25, 0.3) is 0 Å². The van der Waals surface area contributed by atoms with Crippen LogP contribution in [0.4, 0.5) is 0 Å². The summed E-state index contributed by atoms with van der Waals surface area (Å²) in [6.45, 7) is 4.54. The quantitative estimate of drug-likeness (QED) is 0.766. The maximum absolute atomic E-state index is 11.7. The van der Waals surface area contributed by atoms with Crippen molar-refractivity contribution in [3.63, 3.8) is 0 Å². The van der Waals surface area contributed by atoms with Crippen LogP contribution in [0, 0.1) is 6.92 Å². The summed E-state index contributed by atoms with van der Waals surface area (Å²) in [7, 11) is 0. The Morgan fingerprint density at radius 1 is 1.50 bits per heavy atom. The molecule has 96 valence electrons. The Balaban J connectivity index is 2.11. The highest BCUT2D eigenvalue weighted by molar-refractivity contribution is 7.09. The van der Waals surface area contributed by atoms with Crippen molar-refractivity contribution in [2.45, 2.75) is 26.8 Å².